The minimum atomic E-state index is 0.835. The Morgan fingerprint density at radius 3 is 2.77 bits per heavy atom. The van der Waals surface area contributed by atoms with Crippen molar-refractivity contribution in [2.24, 2.45) is 0 Å². The van der Waals surface area contributed by atoms with Crippen LogP contribution in [0.5, 0.6) is 5.75 Å². The van der Waals surface area contributed by atoms with Crippen LogP contribution < -0.4 is 4.74 Å². The lowest BCUT2D eigenvalue weighted by Gasteiger charge is -2.26. The Morgan fingerprint density at radius 2 is 2.00 bits per heavy atom. The monoisotopic (exact) mass is 388 g/mol. The molecule has 3 aromatic rings. The summed E-state index contributed by atoms with van der Waals surface area (Å²) in [5.74, 6) is 1.84. The largest absolute Gasteiger partial charge is 0.497 e. The number of aromatic nitrogens is 3. The number of benzene rings is 1. The average molecular weight is 389 g/mol. The Labute approximate surface area is 160 Å². The first-order valence-electron chi connectivity index (χ1n) is 8.53. The third kappa shape index (κ3) is 3.83. The highest BCUT2D eigenvalue weighted by molar-refractivity contribution is 7.99. The van der Waals surface area contributed by atoms with Gasteiger partial charge in [-0.1, -0.05) is 0 Å². The minimum absolute atomic E-state index is 0.835. The first-order valence-corrected chi connectivity index (χ1v) is 10.3. The van der Waals surface area contributed by atoms with E-state index in [0.29, 0.717) is 0 Å². The second-order valence-corrected chi connectivity index (χ2v) is 7.78. The third-order valence-corrected chi connectivity index (χ3v) is 6.28. The second-order valence-electron chi connectivity index (χ2n) is 5.92. The summed E-state index contributed by atoms with van der Waals surface area (Å²) in [6.07, 6.45) is 1.64. The molecule has 6 nitrogen and oxygen atoms in total. The van der Waals surface area contributed by atoms with E-state index < -0.39 is 0 Å². The van der Waals surface area contributed by atoms with E-state index in [0.717, 1.165) is 70.9 Å². The van der Waals surface area contributed by atoms with Gasteiger partial charge >= 0.3 is 0 Å². The van der Waals surface area contributed by atoms with Crippen LogP contribution in [-0.4, -0.2) is 65.0 Å². The van der Waals surface area contributed by atoms with Crippen molar-refractivity contribution in [3.63, 3.8) is 0 Å². The molecule has 8 heteroatoms. The zero-order valence-corrected chi connectivity index (χ0v) is 16.2. The van der Waals surface area contributed by atoms with E-state index in [1.807, 2.05) is 24.3 Å². The first kappa shape index (κ1) is 17.7. The summed E-state index contributed by atoms with van der Waals surface area (Å²) in [5.41, 5.74) is 2.87. The fraction of sp³-hybridized carbons (Fsp3) is 0.389. The summed E-state index contributed by atoms with van der Waals surface area (Å²) in [5, 5.41) is 1.01. The molecule has 0 aliphatic carbocycles. The van der Waals surface area contributed by atoms with Crippen molar-refractivity contribution in [3.05, 3.63) is 30.6 Å². The van der Waals surface area contributed by atoms with Gasteiger partial charge in [0.2, 0.25) is 0 Å². The molecule has 0 saturated carbocycles. The minimum Gasteiger partial charge on any atom is -0.497 e. The Kier molecular flexibility index (Phi) is 5.64. The number of thioether (sulfide) groups is 1. The quantitative estimate of drug-likeness (QED) is 0.475. The van der Waals surface area contributed by atoms with Gasteiger partial charge in [0.1, 0.15) is 33.0 Å². The predicted octanol–water partition coefficient (Wildman–Crippen LogP) is 3.19. The second kappa shape index (κ2) is 8.30. The molecule has 26 heavy (non-hydrogen) atoms. The van der Waals surface area contributed by atoms with Crippen molar-refractivity contribution in [2.75, 3.05) is 45.7 Å². The molecule has 1 aromatic carbocycles. The first-order chi connectivity index (χ1) is 12.8. The molecule has 0 unspecified atom stereocenters. The van der Waals surface area contributed by atoms with Crippen molar-refractivity contribution in [2.45, 2.75) is 5.03 Å². The predicted molar refractivity (Wildman–Crippen MR) is 105 cm³/mol. The van der Waals surface area contributed by atoms with Gasteiger partial charge in [-0.15, -0.1) is 11.8 Å². The van der Waals surface area contributed by atoms with Gasteiger partial charge in [-0.25, -0.2) is 9.97 Å². The average Bonchev–Trinajstić information content (AvgIpc) is 3.14. The van der Waals surface area contributed by atoms with Crippen molar-refractivity contribution in [3.8, 4) is 17.0 Å². The summed E-state index contributed by atoms with van der Waals surface area (Å²) >= 11 is 3.25. The number of hydrogen-bond donors (Lipinski definition) is 0. The fourth-order valence-corrected chi connectivity index (χ4v) is 4.80. The molecule has 0 N–H and O–H groups in total. The third-order valence-electron chi connectivity index (χ3n) is 4.34. The molecule has 1 aliphatic rings. The Hall–Kier alpha value is -1.74. The van der Waals surface area contributed by atoms with E-state index in [9.17, 15) is 0 Å². The molecule has 0 radical (unpaired) electrons. The highest BCUT2D eigenvalue weighted by atomic mass is 32.2. The van der Waals surface area contributed by atoms with Crippen LogP contribution in [0.3, 0.4) is 0 Å². The van der Waals surface area contributed by atoms with Gasteiger partial charge in [0.25, 0.3) is 0 Å². The molecule has 0 amide bonds. The molecule has 1 aliphatic heterocycles. The van der Waals surface area contributed by atoms with E-state index >= 15 is 0 Å². The van der Waals surface area contributed by atoms with E-state index in [4.69, 9.17) is 9.47 Å². The molecular weight excluding hydrogens is 368 g/mol. The van der Waals surface area contributed by atoms with E-state index in [1.54, 1.807) is 25.2 Å². The molecule has 1 fully saturated rings. The zero-order valence-electron chi connectivity index (χ0n) is 14.6. The van der Waals surface area contributed by atoms with Crippen LogP contribution in [0.1, 0.15) is 0 Å². The van der Waals surface area contributed by atoms with Gasteiger partial charge in [-0.3, -0.25) is 4.90 Å². The summed E-state index contributed by atoms with van der Waals surface area (Å²) in [6, 6.07) is 7.92. The van der Waals surface area contributed by atoms with Gasteiger partial charge in [0, 0.05) is 31.0 Å². The maximum atomic E-state index is 5.40. The zero-order chi connectivity index (χ0) is 17.8. The van der Waals surface area contributed by atoms with Crippen molar-refractivity contribution < 1.29 is 9.47 Å². The lowest BCUT2D eigenvalue weighted by molar-refractivity contribution is 0.0410. The van der Waals surface area contributed by atoms with E-state index in [-0.39, 0.29) is 0 Å². The fourth-order valence-electron chi connectivity index (χ4n) is 2.88. The van der Waals surface area contributed by atoms with Crippen LogP contribution >= 0.6 is 23.3 Å². The van der Waals surface area contributed by atoms with Crippen molar-refractivity contribution in [1.82, 2.24) is 19.2 Å². The van der Waals surface area contributed by atoms with Crippen molar-refractivity contribution >= 4 is 33.5 Å². The van der Waals surface area contributed by atoms with Gasteiger partial charge in [-0.05, 0) is 35.8 Å². The lowest BCUT2D eigenvalue weighted by atomic mass is 10.1. The van der Waals surface area contributed by atoms with Crippen LogP contribution in [0.4, 0.5) is 0 Å². The Morgan fingerprint density at radius 1 is 1.19 bits per heavy atom. The highest BCUT2D eigenvalue weighted by Gasteiger charge is 2.15. The van der Waals surface area contributed by atoms with Gasteiger partial charge < -0.3 is 9.47 Å². The van der Waals surface area contributed by atoms with Gasteiger partial charge in [0.15, 0.2) is 0 Å². The molecule has 4 rings (SSSR count). The van der Waals surface area contributed by atoms with Crippen LogP contribution in [0.25, 0.3) is 21.5 Å². The molecule has 0 spiro atoms. The van der Waals surface area contributed by atoms with Crippen LogP contribution in [0.15, 0.2) is 35.6 Å². The SMILES string of the molecule is COc1ccc(-c2nsc3c(SCCN4CCOCC4)ncnc23)cc1. The standard InChI is InChI=1S/C18H20N4O2S2/c1-23-14-4-2-13(3-5-14)15-16-17(26-21-15)18(20-12-19-16)25-11-8-22-6-9-24-10-7-22/h2-5,12H,6-11H2,1H3. The highest BCUT2D eigenvalue weighted by Crippen LogP contribution is 2.34. The molecule has 0 bridgehead atoms. The molecule has 3 heterocycles. The van der Waals surface area contributed by atoms with E-state index in [1.165, 1.54) is 11.5 Å². The number of ether oxygens (including phenoxy) is 2. The summed E-state index contributed by atoms with van der Waals surface area (Å²) in [6.45, 7) is 4.75. The van der Waals surface area contributed by atoms with Gasteiger partial charge in [0.05, 0.1) is 20.3 Å². The van der Waals surface area contributed by atoms with Crippen molar-refractivity contribution in [1.29, 1.82) is 0 Å². The van der Waals surface area contributed by atoms with Crippen LogP contribution in [0, 0.1) is 0 Å². The lowest BCUT2D eigenvalue weighted by Crippen LogP contribution is -2.37. The molecule has 2 aromatic heterocycles. The Balaban J connectivity index is 1.50. The number of fused-ring (bicyclic) bond motifs is 1. The summed E-state index contributed by atoms with van der Waals surface area (Å²) in [7, 11) is 1.67. The topological polar surface area (TPSA) is 60.4 Å². The normalized spacial score (nSPS) is 15.4. The number of methoxy groups -OCH3 is 1. The van der Waals surface area contributed by atoms with Gasteiger partial charge in [-0.2, -0.15) is 4.37 Å². The molecule has 136 valence electrons. The number of nitrogens with zero attached hydrogens (tertiary/aromatic N) is 4. The van der Waals surface area contributed by atoms with E-state index in [2.05, 4.69) is 19.2 Å². The summed E-state index contributed by atoms with van der Waals surface area (Å²) < 4.78 is 16.3. The molecular formula is C18H20N4O2S2. The number of morpholine rings is 1. The molecule has 0 atom stereocenters. The summed E-state index contributed by atoms with van der Waals surface area (Å²) in [4.78, 5) is 11.4. The number of hydrogen-bond acceptors (Lipinski definition) is 8. The smallest absolute Gasteiger partial charge is 0.119 e. The Bertz CT molecular complexity index is 863. The maximum absolute atomic E-state index is 5.40. The molecule has 1 saturated heterocycles. The van der Waals surface area contributed by atoms with Crippen LogP contribution in [0.2, 0.25) is 0 Å². The maximum Gasteiger partial charge on any atom is 0.119 e. The number of rotatable bonds is 6. The van der Waals surface area contributed by atoms with Crippen LogP contribution in [-0.2, 0) is 4.74 Å².